The Hall–Kier alpha value is -0.860. The lowest BCUT2D eigenvalue weighted by atomic mass is 9.80. The lowest BCUT2D eigenvalue weighted by Gasteiger charge is -2.44. The summed E-state index contributed by atoms with van der Waals surface area (Å²) in [6.45, 7) is 9.65. The zero-order chi connectivity index (χ0) is 13.2. The maximum Gasteiger partial charge on any atom is 0.162 e. The quantitative estimate of drug-likeness (QED) is 0.813. The van der Waals surface area contributed by atoms with Gasteiger partial charge in [-0.15, -0.1) is 0 Å². The zero-order valence-electron chi connectivity index (χ0n) is 11.8. The molecule has 1 saturated heterocycles. The van der Waals surface area contributed by atoms with Crippen LogP contribution in [-0.2, 0) is 15.9 Å². The first-order chi connectivity index (χ1) is 8.49. The van der Waals surface area contributed by atoms with Gasteiger partial charge in [0.15, 0.2) is 6.29 Å². The Balaban J connectivity index is 2.01. The third kappa shape index (κ3) is 3.12. The number of rotatable bonds is 3. The van der Waals surface area contributed by atoms with E-state index in [-0.39, 0.29) is 17.8 Å². The van der Waals surface area contributed by atoms with Gasteiger partial charge >= 0.3 is 0 Å². The van der Waals surface area contributed by atoms with Crippen molar-refractivity contribution < 1.29 is 9.47 Å². The van der Waals surface area contributed by atoms with Crippen LogP contribution in [0.5, 0.6) is 0 Å². The molecule has 0 unspecified atom stereocenters. The average molecular weight is 248 g/mol. The Morgan fingerprint density at radius 3 is 2.50 bits per heavy atom. The molecule has 0 radical (unpaired) electrons. The Bertz CT molecular complexity index is 370. The van der Waals surface area contributed by atoms with Gasteiger partial charge in [0, 0.05) is 11.8 Å². The fraction of sp³-hybridized carbons (Fsp3) is 0.625. The van der Waals surface area contributed by atoms with Crippen molar-refractivity contribution in [1.82, 2.24) is 0 Å². The van der Waals surface area contributed by atoms with Gasteiger partial charge in [0.05, 0.1) is 12.7 Å². The van der Waals surface area contributed by atoms with Crippen molar-refractivity contribution in [2.24, 2.45) is 11.3 Å². The normalized spacial score (nSPS) is 27.4. The van der Waals surface area contributed by atoms with Crippen molar-refractivity contribution in [3.8, 4) is 0 Å². The summed E-state index contributed by atoms with van der Waals surface area (Å²) in [5.41, 5.74) is 1.37. The molecule has 18 heavy (non-hydrogen) atoms. The number of hydrogen-bond donors (Lipinski definition) is 0. The molecule has 0 aromatic heterocycles. The highest BCUT2D eigenvalue weighted by Crippen LogP contribution is 2.35. The molecule has 1 heterocycles. The summed E-state index contributed by atoms with van der Waals surface area (Å²) in [4.78, 5) is 0. The summed E-state index contributed by atoms with van der Waals surface area (Å²) in [6.07, 6.45) is 0.993. The smallest absolute Gasteiger partial charge is 0.162 e. The van der Waals surface area contributed by atoms with Gasteiger partial charge in [0.2, 0.25) is 0 Å². The molecule has 0 amide bonds. The Morgan fingerprint density at radius 2 is 1.89 bits per heavy atom. The molecule has 0 aliphatic carbocycles. The monoisotopic (exact) mass is 248 g/mol. The Labute approximate surface area is 110 Å². The van der Waals surface area contributed by atoms with Gasteiger partial charge in [-0.25, -0.2) is 0 Å². The molecule has 2 nitrogen and oxygen atoms in total. The lowest BCUT2D eigenvalue weighted by Crippen LogP contribution is -2.48. The van der Waals surface area contributed by atoms with E-state index in [4.69, 9.17) is 9.47 Å². The van der Waals surface area contributed by atoms with E-state index < -0.39 is 0 Å². The minimum Gasteiger partial charge on any atom is -0.352 e. The maximum atomic E-state index is 6.14. The molecule has 2 atom stereocenters. The standard InChI is InChI=1S/C16H24O2/c1-12(2)15-16(3,4)11-17-14(18-15)10-13-8-6-5-7-9-13/h5-9,12,14-15H,10-11H2,1-4H3/t14-,15-/m0/s1. The Kier molecular flexibility index (Phi) is 4.08. The second-order valence-corrected chi connectivity index (χ2v) is 6.22. The molecule has 0 spiro atoms. The first-order valence-electron chi connectivity index (χ1n) is 6.80. The summed E-state index contributed by atoms with van der Waals surface area (Å²) < 4.78 is 12.0. The average Bonchev–Trinajstić information content (AvgIpc) is 2.32. The van der Waals surface area contributed by atoms with Gasteiger partial charge in [-0.05, 0) is 11.5 Å². The molecule has 2 heteroatoms. The van der Waals surface area contributed by atoms with E-state index >= 15 is 0 Å². The number of benzene rings is 1. The summed E-state index contributed by atoms with van der Waals surface area (Å²) in [5, 5.41) is 0. The molecule has 0 saturated carbocycles. The molecule has 1 aliphatic heterocycles. The highest BCUT2D eigenvalue weighted by atomic mass is 16.7. The summed E-state index contributed by atoms with van der Waals surface area (Å²) in [5.74, 6) is 0.516. The van der Waals surface area contributed by atoms with E-state index in [0.717, 1.165) is 13.0 Å². The van der Waals surface area contributed by atoms with Crippen molar-refractivity contribution in [2.45, 2.75) is 46.5 Å². The van der Waals surface area contributed by atoms with Crippen LogP contribution >= 0.6 is 0 Å². The van der Waals surface area contributed by atoms with Gasteiger partial charge in [-0.1, -0.05) is 58.0 Å². The summed E-state index contributed by atoms with van der Waals surface area (Å²) >= 11 is 0. The first kappa shape index (κ1) is 13.6. The van der Waals surface area contributed by atoms with Gasteiger partial charge in [-0.2, -0.15) is 0 Å². The van der Waals surface area contributed by atoms with Crippen LogP contribution < -0.4 is 0 Å². The van der Waals surface area contributed by atoms with E-state index in [1.54, 1.807) is 0 Å². The van der Waals surface area contributed by atoms with Crippen molar-refractivity contribution in [3.63, 3.8) is 0 Å². The van der Waals surface area contributed by atoms with Gasteiger partial charge in [-0.3, -0.25) is 0 Å². The lowest BCUT2D eigenvalue weighted by molar-refractivity contribution is -0.268. The second-order valence-electron chi connectivity index (χ2n) is 6.22. The van der Waals surface area contributed by atoms with Crippen LogP contribution in [0, 0.1) is 11.3 Å². The molecule has 1 fully saturated rings. The van der Waals surface area contributed by atoms with Crippen LogP contribution in [0.2, 0.25) is 0 Å². The zero-order valence-corrected chi connectivity index (χ0v) is 11.8. The molecule has 0 N–H and O–H groups in total. The maximum absolute atomic E-state index is 6.14. The number of ether oxygens (including phenoxy) is 2. The van der Waals surface area contributed by atoms with Crippen molar-refractivity contribution in [1.29, 1.82) is 0 Å². The minimum atomic E-state index is -0.104. The topological polar surface area (TPSA) is 18.5 Å². The fourth-order valence-electron chi connectivity index (χ4n) is 2.75. The molecule has 2 rings (SSSR count). The van der Waals surface area contributed by atoms with Crippen LogP contribution in [0.3, 0.4) is 0 Å². The molecule has 0 bridgehead atoms. The Morgan fingerprint density at radius 1 is 1.22 bits per heavy atom. The van der Waals surface area contributed by atoms with E-state index in [2.05, 4.69) is 52.0 Å². The van der Waals surface area contributed by atoms with Gasteiger partial charge < -0.3 is 9.47 Å². The number of hydrogen-bond acceptors (Lipinski definition) is 2. The summed E-state index contributed by atoms with van der Waals surface area (Å²) in [6, 6.07) is 10.4. The van der Waals surface area contributed by atoms with Crippen molar-refractivity contribution >= 4 is 0 Å². The molecule has 1 aromatic rings. The van der Waals surface area contributed by atoms with E-state index in [1.807, 2.05) is 6.07 Å². The van der Waals surface area contributed by atoms with E-state index in [1.165, 1.54) is 5.56 Å². The van der Waals surface area contributed by atoms with Crippen LogP contribution in [0.15, 0.2) is 30.3 Å². The molecular formula is C16H24O2. The predicted octanol–water partition coefficient (Wildman–Crippen LogP) is 3.65. The third-order valence-electron chi connectivity index (χ3n) is 3.56. The van der Waals surface area contributed by atoms with Crippen molar-refractivity contribution in [2.75, 3.05) is 6.61 Å². The second kappa shape index (κ2) is 5.41. The largest absolute Gasteiger partial charge is 0.352 e. The molecule has 100 valence electrons. The van der Waals surface area contributed by atoms with E-state index in [9.17, 15) is 0 Å². The fourth-order valence-corrected chi connectivity index (χ4v) is 2.75. The highest BCUT2D eigenvalue weighted by molar-refractivity contribution is 5.15. The predicted molar refractivity (Wildman–Crippen MR) is 73.4 cm³/mol. The SMILES string of the molecule is CC(C)[C@@H]1O[C@@H](Cc2ccccc2)OCC1(C)C. The first-order valence-corrected chi connectivity index (χ1v) is 6.80. The van der Waals surface area contributed by atoms with E-state index in [0.29, 0.717) is 5.92 Å². The molecule has 1 aliphatic rings. The van der Waals surface area contributed by atoms with Crippen LogP contribution in [0.25, 0.3) is 0 Å². The van der Waals surface area contributed by atoms with Crippen LogP contribution in [0.4, 0.5) is 0 Å². The molecular weight excluding hydrogens is 224 g/mol. The highest BCUT2D eigenvalue weighted by Gasteiger charge is 2.39. The van der Waals surface area contributed by atoms with Crippen LogP contribution in [0.1, 0.15) is 33.3 Å². The molecule has 1 aromatic carbocycles. The van der Waals surface area contributed by atoms with Crippen molar-refractivity contribution in [3.05, 3.63) is 35.9 Å². The minimum absolute atomic E-state index is 0.0986. The van der Waals surface area contributed by atoms with Gasteiger partial charge in [0.25, 0.3) is 0 Å². The third-order valence-corrected chi connectivity index (χ3v) is 3.56. The summed E-state index contributed by atoms with van der Waals surface area (Å²) in [7, 11) is 0. The van der Waals surface area contributed by atoms with Crippen LogP contribution in [-0.4, -0.2) is 19.0 Å². The van der Waals surface area contributed by atoms with Gasteiger partial charge in [0.1, 0.15) is 0 Å².